The van der Waals surface area contributed by atoms with Crippen molar-refractivity contribution in [1.29, 1.82) is 0 Å². The number of aromatic nitrogens is 2. The molecule has 1 aliphatic heterocycles. The van der Waals surface area contributed by atoms with Gasteiger partial charge in [-0.3, -0.25) is 9.48 Å². The Labute approximate surface area is 194 Å². The lowest BCUT2D eigenvalue weighted by atomic mass is 10.1. The summed E-state index contributed by atoms with van der Waals surface area (Å²) < 4.78 is 34.4. The highest BCUT2D eigenvalue weighted by molar-refractivity contribution is 7.89. The van der Waals surface area contributed by atoms with Crippen LogP contribution in [0.25, 0.3) is 0 Å². The summed E-state index contributed by atoms with van der Waals surface area (Å²) in [4.78, 5) is 15.0. The van der Waals surface area contributed by atoms with E-state index in [1.165, 1.54) is 11.4 Å². The van der Waals surface area contributed by atoms with Crippen LogP contribution in [0.2, 0.25) is 0 Å². The van der Waals surface area contributed by atoms with Gasteiger partial charge in [0.25, 0.3) is 5.91 Å². The molecule has 1 amide bonds. The van der Waals surface area contributed by atoms with Crippen LogP contribution in [0.15, 0.2) is 59.5 Å². The number of rotatable bonds is 6. The Morgan fingerprint density at radius 1 is 1.00 bits per heavy atom. The number of aryl methyl sites for hydroxylation is 2. The van der Waals surface area contributed by atoms with Gasteiger partial charge in [0.1, 0.15) is 5.75 Å². The van der Waals surface area contributed by atoms with Crippen molar-refractivity contribution in [2.45, 2.75) is 25.3 Å². The predicted octanol–water partition coefficient (Wildman–Crippen LogP) is 2.70. The summed E-state index contributed by atoms with van der Waals surface area (Å²) in [6.45, 7) is 5.75. The molecule has 1 fully saturated rings. The molecule has 2 aromatic carbocycles. The highest BCUT2D eigenvalue weighted by atomic mass is 32.2. The average molecular weight is 469 g/mol. The molecule has 0 unspecified atom stereocenters. The monoisotopic (exact) mass is 468 g/mol. The van der Waals surface area contributed by atoms with E-state index in [4.69, 9.17) is 4.74 Å². The maximum atomic E-state index is 13.1. The molecule has 0 radical (unpaired) electrons. The van der Waals surface area contributed by atoms with Gasteiger partial charge < -0.3 is 9.64 Å². The van der Waals surface area contributed by atoms with E-state index in [1.807, 2.05) is 42.8 Å². The number of nitrogens with zero attached hydrogens (tertiary/aromatic N) is 4. The molecule has 0 N–H and O–H groups in total. The van der Waals surface area contributed by atoms with E-state index >= 15 is 0 Å². The van der Waals surface area contributed by atoms with Crippen molar-refractivity contribution in [3.05, 3.63) is 77.1 Å². The molecule has 0 spiro atoms. The molecule has 33 heavy (non-hydrogen) atoms. The maximum Gasteiger partial charge on any atom is 0.253 e. The van der Waals surface area contributed by atoms with Gasteiger partial charge in [0.05, 0.1) is 24.2 Å². The quantitative estimate of drug-likeness (QED) is 0.555. The van der Waals surface area contributed by atoms with Crippen LogP contribution in [-0.4, -0.2) is 66.6 Å². The highest BCUT2D eigenvalue weighted by Gasteiger charge is 2.30. The molecule has 2 heterocycles. The van der Waals surface area contributed by atoms with Gasteiger partial charge in [0, 0.05) is 37.4 Å². The van der Waals surface area contributed by atoms with Crippen LogP contribution in [-0.2, 0) is 16.6 Å². The minimum atomic E-state index is -3.61. The first-order valence-corrected chi connectivity index (χ1v) is 12.3. The topological polar surface area (TPSA) is 84.7 Å². The number of hydrogen-bond acceptors (Lipinski definition) is 5. The lowest BCUT2D eigenvalue weighted by molar-refractivity contribution is 0.0697. The van der Waals surface area contributed by atoms with Crippen molar-refractivity contribution < 1.29 is 17.9 Å². The second-order valence-corrected chi connectivity index (χ2v) is 10.1. The number of piperazine rings is 1. The van der Waals surface area contributed by atoms with Gasteiger partial charge in [-0.1, -0.05) is 12.1 Å². The molecular weight excluding hydrogens is 440 g/mol. The second kappa shape index (κ2) is 9.36. The summed E-state index contributed by atoms with van der Waals surface area (Å²) in [6.07, 6.45) is 0. The van der Waals surface area contributed by atoms with E-state index in [1.54, 1.807) is 35.2 Å². The van der Waals surface area contributed by atoms with E-state index in [-0.39, 0.29) is 23.9 Å². The molecule has 0 saturated carbocycles. The Hall–Kier alpha value is -3.17. The third-order valence-corrected chi connectivity index (χ3v) is 7.75. The summed E-state index contributed by atoms with van der Waals surface area (Å²) in [7, 11) is -2.08. The lowest BCUT2D eigenvalue weighted by Gasteiger charge is -2.34. The number of carbonyl (C=O) groups is 1. The summed E-state index contributed by atoms with van der Waals surface area (Å²) >= 11 is 0. The summed E-state index contributed by atoms with van der Waals surface area (Å²) in [5, 5.41) is 4.49. The second-order valence-electron chi connectivity index (χ2n) is 8.16. The van der Waals surface area contributed by atoms with Gasteiger partial charge in [-0.05, 0) is 61.9 Å². The SMILES string of the molecule is COc1ccc(S(=O)(=O)N2CCN(C(=O)c3cccc(Cn4nc(C)cc4C)c3)CC2)cc1. The molecular formula is C24H28N4O4S. The number of sulfonamides is 1. The minimum absolute atomic E-state index is 0.0910. The largest absolute Gasteiger partial charge is 0.497 e. The molecule has 8 nitrogen and oxygen atoms in total. The number of benzene rings is 2. The fourth-order valence-corrected chi connectivity index (χ4v) is 5.44. The summed E-state index contributed by atoms with van der Waals surface area (Å²) in [5.41, 5.74) is 3.62. The number of hydrogen-bond donors (Lipinski definition) is 0. The molecule has 1 aliphatic rings. The van der Waals surface area contributed by atoms with E-state index in [0.717, 1.165) is 17.0 Å². The van der Waals surface area contributed by atoms with Crippen molar-refractivity contribution in [2.75, 3.05) is 33.3 Å². The Morgan fingerprint density at radius 3 is 2.30 bits per heavy atom. The van der Waals surface area contributed by atoms with Gasteiger partial charge >= 0.3 is 0 Å². The van der Waals surface area contributed by atoms with Crippen LogP contribution in [0.3, 0.4) is 0 Å². The average Bonchev–Trinajstić information content (AvgIpc) is 3.15. The van der Waals surface area contributed by atoms with E-state index in [9.17, 15) is 13.2 Å². The molecule has 9 heteroatoms. The molecule has 4 rings (SSSR count). The van der Waals surface area contributed by atoms with Gasteiger partial charge in [-0.25, -0.2) is 8.42 Å². The lowest BCUT2D eigenvalue weighted by Crippen LogP contribution is -2.50. The van der Waals surface area contributed by atoms with Crippen LogP contribution in [0, 0.1) is 13.8 Å². The Morgan fingerprint density at radius 2 is 1.70 bits per heavy atom. The van der Waals surface area contributed by atoms with Crippen LogP contribution in [0.1, 0.15) is 27.3 Å². The van der Waals surface area contributed by atoms with Gasteiger partial charge in [0.15, 0.2) is 0 Å². The number of methoxy groups -OCH3 is 1. The number of ether oxygens (including phenoxy) is 1. The Balaban J connectivity index is 1.41. The zero-order valence-electron chi connectivity index (χ0n) is 19.1. The van der Waals surface area contributed by atoms with E-state index in [0.29, 0.717) is 30.9 Å². The third kappa shape index (κ3) is 4.94. The molecule has 174 valence electrons. The van der Waals surface area contributed by atoms with Gasteiger partial charge in [-0.15, -0.1) is 0 Å². The summed E-state index contributed by atoms with van der Waals surface area (Å²) in [5.74, 6) is 0.510. The van der Waals surface area contributed by atoms with Crippen LogP contribution in [0.4, 0.5) is 0 Å². The number of carbonyl (C=O) groups excluding carboxylic acids is 1. The first-order valence-electron chi connectivity index (χ1n) is 10.8. The van der Waals surface area contributed by atoms with Crippen molar-refractivity contribution in [2.24, 2.45) is 0 Å². The highest BCUT2D eigenvalue weighted by Crippen LogP contribution is 2.21. The van der Waals surface area contributed by atoms with Crippen molar-refractivity contribution in [1.82, 2.24) is 19.0 Å². The predicted molar refractivity (Wildman–Crippen MR) is 125 cm³/mol. The van der Waals surface area contributed by atoms with Crippen molar-refractivity contribution in [3.8, 4) is 5.75 Å². The van der Waals surface area contributed by atoms with Gasteiger partial charge in [0.2, 0.25) is 10.0 Å². The minimum Gasteiger partial charge on any atom is -0.497 e. The zero-order valence-corrected chi connectivity index (χ0v) is 19.9. The molecule has 0 atom stereocenters. The molecule has 1 saturated heterocycles. The van der Waals surface area contributed by atoms with Crippen LogP contribution >= 0.6 is 0 Å². The first-order chi connectivity index (χ1) is 15.8. The van der Waals surface area contributed by atoms with Crippen molar-refractivity contribution in [3.63, 3.8) is 0 Å². The summed E-state index contributed by atoms with van der Waals surface area (Å²) in [6, 6.07) is 15.9. The fourth-order valence-electron chi connectivity index (χ4n) is 4.02. The Kier molecular flexibility index (Phi) is 6.53. The number of amides is 1. The van der Waals surface area contributed by atoms with Crippen molar-refractivity contribution >= 4 is 15.9 Å². The maximum absolute atomic E-state index is 13.1. The van der Waals surface area contributed by atoms with E-state index in [2.05, 4.69) is 5.10 Å². The molecule has 3 aromatic rings. The third-order valence-electron chi connectivity index (χ3n) is 5.83. The first kappa shape index (κ1) is 23.0. The Bertz CT molecular complexity index is 1240. The molecule has 1 aromatic heterocycles. The zero-order chi connectivity index (χ0) is 23.6. The normalized spacial score (nSPS) is 14.9. The van der Waals surface area contributed by atoms with E-state index < -0.39 is 10.0 Å². The molecule has 0 bridgehead atoms. The fraction of sp³-hybridized carbons (Fsp3) is 0.333. The molecule has 0 aliphatic carbocycles. The van der Waals surface area contributed by atoms with Gasteiger partial charge in [-0.2, -0.15) is 9.40 Å². The smallest absolute Gasteiger partial charge is 0.253 e. The van der Waals surface area contributed by atoms with Crippen LogP contribution in [0.5, 0.6) is 5.75 Å². The van der Waals surface area contributed by atoms with Crippen LogP contribution < -0.4 is 4.74 Å². The standard InChI is InChI=1S/C24H28N4O4S/c1-18-15-19(2)28(25-18)17-20-5-4-6-21(16-20)24(29)26-11-13-27(14-12-26)33(30,31)23-9-7-22(32-3)8-10-23/h4-10,15-16H,11-14,17H2,1-3H3.